The minimum absolute atomic E-state index is 0.0757. The highest BCUT2D eigenvalue weighted by Crippen LogP contribution is 2.39. The number of carbonyl (C=O) groups is 1. The summed E-state index contributed by atoms with van der Waals surface area (Å²) in [5, 5.41) is 17.6. The summed E-state index contributed by atoms with van der Waals surface area (Å²) in [5.74, 6) is -0.942. The largest absolute Gasteiger partial charge is 0.417 e. The van der Waals surface area contributed by atoms with E-state index in [1.54, 1.807) is 17.6 Å². The molecule has 1 aliphatic rings. The van der Waals surface area contributed by atoms with Crippen LogP contribution in [0.2, 0.25) is 0 Å². The fraction of sp³-hybridized carbons (Fsp3) is 0.500. The number of carbonyl (C=O) groups excluding carboxylic acids is 1. The summed E-state index contributed by atoms with van der Waals surface area (Å²) in [4.78, 5) is 20.8. The van der Waals surface area contributed by atoms with E-state index in [2.05, 4.69) is 20.4 Å². The molecule has 12 heteroatoms. The first-order chi connectivity index (χ1) is 16.9. The SMILES string of the molecule is Cc1nn2cc(C3CC3)cnc2c1C(=O)NCC(C)(O)COCCCc1ncc(C(F)(F)F)cc1F. The first-order valence-electron chi connectivity index (χ1n) is 11.6. The summed E-state index contributed by atoms with van der Waals surface area (Å²) >= 11 is 0. The molecule has 0 radical (unpaired) electrons. The van der Waals surface area contributed by atoms with Crippen LogP contribution in [0.25, 0.3) is 5.65 Å². The molecule has 1 amide bonds. The summed E-state index contributed by atoms with van der Waals surface area (Å²) in [6.45, 7) is 3.11. The topological polar surface area (TPSA) is 102 Å². The van der Waals surface area contributed by atoms with Crippen LogP contribution < -0.4 is 5.32 Å². The van der Waals surface area contributed by atoms with Crippen molar-refractivity contribution in [3.63, 3.8) is 0 Å². The third-order valence-corrected chi connectivity index (χ3v) is 5.93. The number of rotatable bonds is 10. The van der Waals surface area contributed by atoms with Gasteiger partial charge in [0.05, 0.1) is 23.6 Å². The number of fused-ring (bicyclic) bond motifs is 1. The Hall–Kier alpha value is -3.12. The molecular weight excluding hydrogens is 482 g/mol. The Labute approximate surface area is 204 Å². The predicted molar refractivity (Wildman–Crippen MR) is 121 cm³/mol. The molecule has 1 saturated carbocycles. The van der Waals surface area contributed by atoms with Crippen molar-refractivity contribution in [1.29, 1.82) is 0 Å². The van der Waals surface area contributed by atoms with E-state index in [1.165, 1.54) is 6.92 Å². The normalized spacial score (nSPS) is 15.8. The van der Waals surface area contributed by atoms with Crippen molar-refractivity contribution >= 4 is 11.6 Å². The van der Waals surface area contributed by atoms with Crippen molar-refractivity contribution in [3.8, 4) is 0 Å². The Bertz CT molecular complexity index is 1250. The molecule has 1 unspecified atom stereocenters. The first kappa shape index (κ1) is 26.0. The lowest BCUT2D eigenvalue weighted by Crippen LogP contribution is -2.44. The molecule has 4 rings (SSSR count). The number of hydrogen-bond acceptors (Lipinski definition) is 6. The molecule has 3 aromatic rings. The van der Waals surface area contributed by atoms with E-state index in [0.29, 0.717) is 35.1 Å². The first-order valence-corrected chi connectivity index (χ1v) is 11.6. The third-order valence-electron chi connectivity index (χ3n) is 5.93. The van der Waals surface area contributed by atoms with Crippen LogP contribution in [0.1, 0.15) is 65.0 Å². The van der Waals surface area contributed by atoms with E-state index in [-0.39, 0.29) is 38.3 Å². The van der Waals surface area contributed by atoms with Gasteiger partial charge in [0.2, 0.25) is 0 Å². The van der Waals surface area contributed by atoms with Crippen LogP contribution in [0.3, 0.4) is 0 Å². The molecule has 0 saturated heterocycles. The second-order valence-corrected chi connectivity index (χ2v) is 9.38. The van der Waals surface area contributed by atoms with Crippen LogP contribution in [-0.2, 0) is 17.3 Å². The number of pyridine rings is 1. The predicted octanol–water partition coefficient (Wildman–Crippen LogP) is 3.60. The maximum atomic E-state index is 13.9. The molecule has 0 aliphatic heterocycles. The molecule has 36 heavy (non-hydrogen) atoms. The highest BCUT2D eigenvalue weighted by molar-refractivity contribution is 6.01. The van der Waals surface area contributed by atoms with Crippen LogP contribution in [0.15, 0.2) is 24.7 Å². The molecule has 194 valence electrons. The third kappa shape index (κ3) is 6.16. The lowest BCUT2D eigenvalue weighted by molar-refractivity contribution is -0.138. The smallest absolute Gasteiger partial charge is 0.386 e. The minimum Gasteiger partial charge on any atom is -0.386 e. The maximum absolute atomic E-state index is 13.9. The lowest BCUT2D eigenvalue weighted by atomic mass is 10.1. The average molecular weight is 510 g/mol. The van der Waals surface area contributed by atoms with Gasteiger partial charge in [0, 0.05) is 31.7 Å². The monoisotopic (exact) mass is 509 g/mol. The van der Waals surface area contributed by atoms with E-state index in [4.69, 9.17) is 4.74 Å². The quantitative estimate of drug-likeness (QED) is 0.320. The fourth-order valence-electron chi connectivity index (χ4n) is 3.80. The molecule has 3 heterocycles. The number of aromatic nitrogens is 4. The van der Waals surface area contributed by atoms with Crippen molar-refractivity contribution < 1.29 is 32.2 Å². The van der Waals surface area contributed by atoms with Crippen molar-refractivity contribution in [2.24, 2.45) is 0 Å². The van der Waals surface area contributed by atoms with Crippen molar-refractivity contribution in [2.45, 2.75) is 57.2 Å². The number of ether oxygens (including phenoxy) is 1. The Balaban J connectivity index is 1.24. The summed E-state index contributed by atoms with van der Waals surface area (Å²) in [6.07, 6.45) is 2.21. The van der Waals surface area contributed by atoms with Gasteiger partial charge in [0.1, 0.15) is 17.0 Å². The van der Waals surface area contributed by atoms with Gasteiger partial charge in [-0.25, -0.2) is 13.9 Å². The highest BCUT2D eigenvalue weighted by atomic mass is 19.4. The van der Waals surface area contributed by atoms with Gasteiger partial charge in [0.25, 0.3) is 5.91 Å². The molecule has 1 aliphatic carbocycles. The fourth-order valence-corrected chi connectivity index (χ4v) is 3.80. The van der Waals surface area contributed by atoms with Gasteiger partial charge in [-0.05, 0) is 57.1 Å². The Kier molecular flexibility index (Phi) is 7.28. The lowest BCUT2D eigenvalue weighted by Gasteiger charge is -2.23. The molecule has 2 N–H and O–H groups in total. The number of aryl methyl sites for hydroxylation is 2. The molecule has 0 aromatic carbocycles. The second kappa shape index (κ2) is 10.1. The van der Waals surface area contributed by atoms with Gasteiger partial charge in [0.15, 0.2) is 5.65 Å². The number of nitrogens with zero attached hydrogens (tertiary/aromatic N) is 4. The van der Waals surface area contributed by atoms with Gasteiger partial charge >= 0.3 is 6.18 Å². The zero-order valence-electron chi connectivity index (χ0n) is 19.9. The Morgan fingerprint density at radius 3 is 2.69 bits per heavy atom. The number of halogens is 4. The molecule has 8 nitrogen and oxygen atoms in total. The van der Waals surface area contributed by atoms with Crippen LogP contribution in [0.5, 0.6) is 0 Å². The highest BCUT2D eigenvalue weighted by Gasteiger charge is 2.32. The van der Waals surface area contributed by atoms with Crippen molar-refractivity contribution in [1.82, 2.24) is 24.9 Å². The number of alkyl halides is 3. The van der Waals surface area contributed by atoms with E-state index >= 15 is 0 Å². The molecule has 0 spiro atoms. The zero-order valence-corrected chi connectivity index (χ0v) is 19.9. The Morgan fingerprint density at radius 1 is 1.28 bits per heavy atom. The van der Waals surface area contributed by atoms with Gasteiger partial charge < -0.3 is 15.2 Å². The van der Waals surface area contributed by atoms with Gasteiger partial charge in [-0.3, -0.25) is 9.78 Å². The summed E-state index contributed by atoms with van der Waals surface area (Å²) in [5.41, 5.74) is -0.239. The van der Waals surface area contributed by atoms with E-state index in [0.717, 1.165) is 18.4 Å². The van der Waals surface area contributed by atoms with E-state index in [1.807, 2.05) is 6.20 Å². The summed E-state index contributed by atoms with van der Waals surface area (Å²) < 4.78 is 58.7. The standard InChI is InChI=1S/C24H27F4N5O3/c1-14-20(21-30-9-16(15-5-6-15)11-33(21)32-14)22(34)31-12-23(2,35)13-36-7-3-4-19-18(25)8-17(10-29-19)24(26,27)28/h8-11,15,35H,3-7,12-13H2,1-2H3,(H,31,34). The van der Waals surface area contributed by atoms with Gasteiger partial charge in [-0.2, -0.15) is 18.3 Å². The number of hydrogen-bond donors (Lipinski definition) is 2. The number of nitrogens with one attached hydrogen (secondary N) is 1. The maximum Gasteiger partial charge on any atom is 0.417 e. The van der Waals surface area contributed by atoms with Gasteiger partial charge in [-0.15, -0.1) is 0 Å². The van der Waals surface area contributed by atoms with E-state index in [9.17, 15) is 27.5 Å². The van der Waals surface area contributed by atoms with E-state index < -0.39 is 29.1 Å². The molecule has 3 aromatic heterocycles. The zero-order chi connectivity index (χ0) is 26.1. The van der Waals surface area contributed by atoms with Crippen LogP contribution >= 0.6 is 0 Å². The minimum atomic E-state index is -4.66. The number of amides is 1. The second-order valence-electron chi connectivity index (χ2n) is 9.38. The molecular formula is C24H27F4N5O3. The van der Waals surface area contributed by atoms with Crippen LogP contribution in [-0.4, -0.2) is 56.0 Å². The Morgan fingerprint density at radius 2 is 2.03 bits per heavy atom. The molecule has 1 atom stereocenters. The summed E-state index contributed by atoms with van der Waals surface area (Å²) in [6, 6.07) is 0.421. The molecule has 1 fully saturated rings. The number of aliphatic hydroxyl groups is 1. The van der Waals surface area contributed by atoms with Gasteiger partial charge in [-0.1, -0.05) is 0 Å². The van der Waals surface area contributed by atoms with Crippen molar-refractivity contribution in [2.75, 3.05) is 19.8 Å². The summed E-state index contributed by atoms with van der Waals surface area (Å²) in [7, 11) is 0. The van der Waals surface area contributed by atoms with Crippen LogP contribution in [0.4, 0.5) is 17.6 Å². The average Bonchev–Trinajstić information content (AvgIpc) is 3.59. The van der Waals surface area contributed by atoms with Crippen molar-refractivity contribution in [3.05, 3.63) is 58.6 Å². The molecule has 0 bridgehead atoms. The van der Waals surface area contributed by atoms with Crippen LogP contribution in [0, 0.1) is 12.7 Å².